The van der Waals surface area contributed by atoms with E-state index < -0.39 is 5.60 Å². The summed E-state index contributed by atoms with van der Waals surface area (Å²) in [6.45, 7) is 9.89. The van der Waals surface area contributed by atoms with Crippen LogP contribution in [0.2, 0.25) is 5.15 Å². The number of imidazole rings is 1. The van der Waals surface area contributed by atoms with Crippen LogP contribution in [0.15, 0.2) is 18.5 Å². The molecule has 152 valence electrons. The van der Waals surface area contributed by atoms with E-state index in [0.29, 0.717) is 5.15 Å². The second kappa shape index (κ2) is 7.74. The molecule has 0 aliphatic heterocycles. The summed E-state index contributed by atoms with van der Waals surface area (Å²) >= 11 is 6.29. The number of carbonyl (C=O) groups excluding carboxylic acids is 1. The fraction of sp³-hybridized carbons (Fsp3) is 0.571. The number of hydrogen-bond acceptors (Lipinski definition) is 4. The van der Waals surface area contributed by atoms with Crippen molar-refractivity contribution < 1.29 is 9.53 Å². The van der Waals surface area contributed by atoms with Gasteiger partial charge in [0.25, 0.3) is 0 Å². The Morgan fingerprint density at radius 3 is 2.61 bits per heavy atom. The van der Waals surface area contributed by atoms with E-state index >= 15 is 0 Å². The lowest BCUT2D eigenvalue weighted by Crippen LogP contribution is -2.41. The molecule has 0 spiro atoms. The molecule has 0 saturated heterocycles. The SMILES string of the molecule is CC(C)c1ncc2c(Cl)ncc(C3=CCC(N(C)C(=O)OC(C)(C)C)CC3)n12. The number of halogens is 1. The maximum atomic E-state index is 12.4. The van der Waals surface area contributed by atoms with E-state index in [4.69, 9.17) is 16.3 Å². The van der Waals surface area contributed by atoms with Crippen LogP contribution in [0, 0.1) is 0 Å². The summed E-state index contributed by atoms with van der Waals surface area (Å²) in [7, 11) is 1.81. The first-order valence-corrected chi connectivity index (χ1v) is 10.1. The van der Waals surface area contributed by atoms with Crippen LogP contribution in [0.4, 0.5) is 4.79 Å². The minimum Gasteiger partial charge on any atom is -0.444 e. The topological polar surface area (TPSA) is 59.7 Å². The lowest BCUT2D eigenvalue weighted by atomic mass is 9.92. The summed E-state index contributed by atoms with van der Waals surface area (Å²) in [4.78, 5) is 23.0. The molecule has 2 heterocycles. The molecule has 2 aromatic rings. The third kappa shape index (κ3) is 4.17. The molecule has 0 N–H and O–H groups in total. The van der Waals surface area contributed by atoms with Crippen molar-refractivity contribution in [3.8, 4) is 0 Å². The Balaban J connectivity index is 1.85. The minimum atomic E-state index is -0.490. The number of allylic oxidation sites excluding steroid dienone is 1. The van der Waals surface area contributed by atoms with Crippen molar-refractivity contribution in [2.24, 2.45) is 0 Å². The molecular weight excluding hydrogens is 376 g/mol. The fourth-order valence-electron chi connectivity index (χ4n) is 3.53. The molecule has 1 aliphatic carbocycles. The molecule has 0 fully saturated rings. The summed E-state index contributed by atoms with van der Waals surface area (Å²) in [5, 5.41) is 0.460. The van der Waals surface area contributed by atoms with Crippen molar-refractivity contribution in [1.29, 1.82) is 0 Å². The summed E-state index contributed by atoms with van der Waals surface area (Å²) in [5.41, 5.74) is 2.58. The van der Waals surface area contributed by atoms with Crippen LogP contribution in [0.25, 0.3) is 11.1 Å². The van der Waals surface area contributed by atoms with Gasteiger partial charge in [0.2, 0.25) is 0 Å². The van der Waals surface area contributed by atoms with Crippen LogP contribution >= 0.6 is 11.6 Å². The molecule has 7 heteroatoms. The Kier molecular flexibility index (Phi) is 5.71. The van der Waals surface area contributed by atoms with Gasteiger partial charge in [-0.1, -0.05) is 31.5 Å². The fourth-order valence-corrected chi connectivity index (χ4v) is 3.71. The lowest BCUT2D eigenvalue weighted by Gasteiger charge is -2.32. The number of ether oxygens (including phenoxy) is 1. The zero-order chi connectivity index (χ0) is 20.6. The lowest BCUT2D eigenvalue weighted by molar-refractivity contribution is 0.0215. The quantitative estimate of drug-likeness (QED) is 0.695. The monoisotopic (exact) mass is 404 g/mol. The van der Waals surface area contributed by atoms with E-state index in [0.717, 1.165) is 36.3 Å². The van der Waals surface area contributed by atoms with Gasteiger partial charge >= 0.3 is 6.09 Å². The first-order valence-electron chi connectivity index (χ1n) is 9.75. The van der Waals surface area contributed by atoms with Crippen molar-refractivity contribution in [1.82, 2.24) is 19.3 Å². The van der Waals surface area contributed by atoms with E-state index in [1.807, 2.05) is 34.0 Å². The van der Waals surface area contributed by atoms with Crippen LogP contribution in [-0.4, -0.2) is 44.1 Å². The van der Waals surface area contributed by atoms with Gasteiger partial charge in [0.1, 0.15) is 16.9 Å². The predicted octanol–water partition coefficient (Wildman–Crippen LogP) is 5.31. The molecule has 0 radical (unpaired) electrons. The molecule has 3 rings (SSSR count). The highest BCUT2D eigenvalue weighted by atomic mass is 35.5. The molecule has 0 saturated carbocycles. The third-order valence-electron chi connectivity index (χ3n) is 5.00. The molecule has 1 atom stereocenters. The molecule has 0 aromatic carbocycles. The molecule has 1 amide bonds. The van der Waals surface area contributed by atoms with E-state index in [9.17, 15) is 4.79 Å². The standard InChI is InChI=1S/C21H29ClN4O2/c1-13(2)19-24-12-17-18(22)23-11-16(26(17)19)14-7-9-15(10-8-14)25(6)20(27)28-21(3,4)5/h7,11-13,15H,8-10H2,1-6H3. The molecule has 6 nitrogen and oxygen atoms in total. The van der Waals surface area contributed by atoms with Crippen LogP contribution in [0.5, 0.6) is 0 Å². The maximum absolute atomic E-state index is 12.4. The zero-order valence-corrected chi connectivity index (χ0v) is 18.2. The van der Waals surface area contributed by atoms with Crippen molar-refractivity contribution in [3.05, 3.63) is 35.1 Å². The van der Waals surface area contributed by atoms with Gasteiger partial charge in [-0.15, -0.1) is 0 Å². The summed E-state index contributed by atoms with van der Waals surface area (Å²) in [6, 6.07) is 0.127. The average Bonchev–Trinajstić information content (AvgIpc) is 3.06. The second-order valence-electron chi connectivity index (χ2n) is 8.67. The molecule has 1 unspecified atom stereocenters. The van der Waals surface area contributed by atoms with Gasteiger partial charge in [0.05, 0.1) is 18.1 Å². The highest BCUT2D eigenvalue weighted by Crippen LogP contribution is 2.32. The molecule has 2 aromatic heterocycles. The third-order valence-corrected chi connectivity index (χ3v) is 5.29. The number of amides is 1. The van der Waals surface area contributed by atoms with Crippen LogP contribution in [-0.2, 0) is 4.74 Å². The Morgan fingerprint density at radius 2 is 2.04 bits per heavy atom. The average molecular weight is 405 g/mol. The normalized spacial score (nSPS) is 17.7. The zero-order valence-electron chi connectivity index (χ0n) is 17.5. The number of aromatic nitrogens is 3. The first-order chi connectivity index (χ1) is 13.1. The second-order valence-corrected chi connectivity index (χ2v) is 9.03. The summed E-state index contributed by atoms with van der Waals surface area (Å²) < 4.78 is 7.61. The van der Waals surface area contributed by atoms with Crippen molar-refractivity contribution in [2.45, 2.75) is 71.4 Å². The number of carbonyl (C=O) groups is 1. The van der Waals surface area contributed by atoms with Gasteiger partial charge in [0, 0.05) is 19.0 Å². The Labute approximate surface area is 171 Å². The van der Waals surface area contributed by atoms with E-state index in [1.54, 1.807) is 11.1 Å². The van der Waals surface area contributed by atoms with Crippen LogP contribution in [0.3, 0.4) is 0 Å². The van der Waals surface area contributed by atoms with Gasteiger partial charge in [-0.2, -0.15) is 0 Å². The van der Waals surface area contributed by atoms with Crippen molar-refractivity contribution in [2.75, 3.05) is 7.05 Å². The smallest absolute Gasteiger partial charge is 0.410 e. The first kappa shape index (κ1) is 20.6. The summed E-state index contributed by atoms with van der Waals surface area (Å²) in [5.74, 6) is 1.25. The van der Waals surface area contributed by atoms with E-state index in [-0.39, 0.29) is 18.1 Å². The van der Waals surface area contributed by atoms with Gasteiger partial charge in [0.15, 0.2) is 5.15 Å². The predicted molar refractivity (Wildman–Crippen MR) is 112 cm³/mol. The van der Waals surface area contributed by atoms with Crippen LogP contribution in [0.1, 0.15) is 71.3 Å². The maximum Gasteiger partial charge on any atom is 0.410 e. The van der Waals surface area contributed by atoms with E-state index in [2.05, 4.69) is 34.3 Å². The van der Waals surface area contributed by atoms with Gasteiger partial charge in [-0.3, -0.25) is 4.40 Å². The van der Waals surface area contributed by atoms with Crippen molar-refractivity contribution in [3.63, 3.8) is 0 Å². The highest BCUT2D eigenvalue weighted by Gasteiger charge is 2.27. The minimum absolute atomic E-state index is 0.127. The molecule has 28 heavy (non-hydrogen) atoms. The van der Waals surface area contributed by atoms with E-state index in [1.165, 1.54) is 5.57 Å². The molecule has 1 aliphatic rings. The number of nitrogens with zero attached hydrogens (tertiary/aromatic N) is 4. The Hall–Kier alpha value is -2.08. The number of rotatable bonds is 3. The largest absolute Gasteiger partial charge is 0.444 e. The van der Waals surface area contributed by atoms with Gasteiger partial charge in [-0.05, 0) is 45.6 Å². The van der Waals surface area contributed by atoms with Crippen molar-refractivity contribution >= 4 is 28.8 Å². The molecule has 0 bridgehead atoms. The number of fused-ring (bicyclic) bond motifs is 1. The Bertz CT molecular complexity index is 911. The highest BCUT2D eigenvalue weighted by molar-refractivity contribution is 6.32. The number of hydrogen-bond donors (Lipinski definition) is 0. The summed E-state index contributed by atoms with van der Waals surface area (Å²) in [6.07, 6.45) is 8.04. The van der Waals surface area contributed by atoms with Gasteiger partial charge in [-0.25, -0.2) is 14.8 Å². The Morgan fingerprint density at radius 1 is 1.32 bits per heavy atom. The molecular formula is C21H29ClN4O2. The van der Waals surface area contributed by atoms with Gasteiger partial charge < -0.3 is 9.64 Å². The van der Waals surface area contributed by atoms with Crippen LogP contribution < -0.4 is 0 Å².